The first-order valence-corrected chi connectivity index (χ1v) is 6.94. The second-order valence-corrected chi connectivity index (χ2v) is 6.02. The third-order valence-corrected chi connectivity index (χ3v) is 4.75. The minimum atomic E-state index is 0.291. The molecule has 0 N–H and O–H groups in total. The Bertz CT molecular complexity index is 445. The number of aromatic nitrogens is 1. The monoisotopic (exact) mass is 251 g/mol. The van der Waals surface area contributed by atoms with E-state index in [-0.39, 0.29) is 0 Å². The SMILES string of the molecule is Cc1nc(CN2CC[C@@H]3[C@@H]2CC(=O)N3C)cs1. The largest absolute Gasteiger partial charge is 0.341 e. The van der Waals surface area contributed by atoms with Crippen LogP contribution in [-0.2, 0) is 11.3 Å². The van der Waals surface area contributed by atoms with Gasteiger partial charge in [-0.25, -0.2) is 4.98 Å². The lowest BCUT2D eigenvalue weighted by atomic mass is 10.1. The smallest absolute Gasteiger partial charge is 0.224 e. The average Bonchev–Trinajstić information content (AvgIpc) is 2.92. The molecule has 2 aliphatic heterocycles. The number of hydrogen-bond acceptors (Lipinski definition) is 4. The third-order valence-electron chi connectivity index (χ3n) is 3.93. The van der Waals surface area contributed by atoms with Crippen molar-refractivity contribution < 1.29 is 4.79 Å². The fourth-order valence-corrected chi connectivity index (χ4v) is 3.61. The van der Waals surface area contributed by atoms with Gasteiger partial charge in [0.1, 0.15) is 0 Å². The third kappa shape index (κ3) is 1.87. The maximum Gasteiger partial charge on any atom is 0.224 e. The molecule has 0 aromatic carbocycles. The molecule has 2 aliphatic rings. The lowest BCUT2D eigenvalue weighted by Gasteiger charge is -2.22. The normalized spacial score (nSPS) is 29.1. The van der Waals surface area contributed by atoms with Gasteiger partial charge >= 0.3 is 0 Å². The molecular formula is C12H17N3OS. The van der Waals surface area contributed by atoms with Crippen LogP contribution in [0.25, 0.3) is 0 Å². The van der Waals surface area contributed by atoms with Gasteiger partial charge in [0.2, 0.25) is 5.91 Å². The average molecular weight is 251 g/mol. The maximum atomic E-state index is 11.7. The first kappa shape index (κ1) is 11.2. The molecule has 5 heteroatoms. The van der Waals surface area contributed by atoms with Crippen molar-refractivity contribution in [3.8, 4) is 0 Å². The topological polar surface area (TPSA) is 36.4 Å². The van der Waals surface area contributed by atoms with Crippen molar-refractivity contribution in [1.29, 1.82) is 0 Å². The van der Waals surface area contributed by atoms with Gasteiger partial charge in [0, 0.05) is 44.0 Å². The van der Waals surface area contributed by atoms with Gasteiger partial charge in [0.15, 0.2) is 0 Å². The number of aryl methyl sites for hydroxylation is 1. The second kappa shape index (κ2) is 4.07. The number of likely N-dealkylation sites (N-methyl/N-ethyl adjacent to an activating group) is 1. The molecule has 2 atom stereocenters. The van der Waals surface area contributed by atoms with Crippen LogP contribution in [-0.4, -0.2) is 46.4 Å². The number of fused-ring (bicyclic) bond motifs is 1. The van der Waals surface area contributed by atoms with Crippen LogP contribution in [0.4, 0.5) is 0 Å². The number of nitrogens with zero attached hydrogens (tertiary/aromatic N) is 3. The van der Waals surface area contributed by atoms with E-state index < -0.39 is 0 Å². The number of carbonyl (C=O) groups is 1. The van der Waals surface area contributed by atoms with E-state index in [1.807, 2.05) is 18.9 Å². The van der Waals surface area contributed by atoms with Crippen LogP contribution in [0.2, 0.25) is 0 Å². The van der Waals surface area contributed by atoms with E-state index in [1.54, 1.807) is 11.3 Å². The van der Waals surface area contributed by atoms with Gasteiger partial charge in [-0.05, 0) is 13.3 Å². The van der Waals surface area contributed by atoms with Crippen LogP contribution in [0.3, 0.4) is 0 Å². The summed E-state index contributed by atoms with van der Waals surface area (Å²) in [4.78, 5) is 20.5. The summed E-state index contributed by atoms with van der Waals surface area (Å²) in [7, 11) is 1.93. The van der Waals surface area contributed by atoms with Crippen molar-refractivity contribution in [3.63, 3.8) is 0 Å². The summed E-state index contributed by atoms with van der Waals surface area (Å²) in [5.41, 5.74) is 1.15. The Hall–Kier alpha value is -0.940. The van der Waals surface area contributed by atoms with Gasteiger partial charge < -0.3 is 4.90 Å². The predicted molar refractivity (Wildman–Crippen MR) is 66.8 cm³/mol. The zero-order chi connectivity index (χ0) is 12.0. The molecule has 3 rings (SSSR count). The van der Waals surface area contributed by atoms with E-state index in [1.165, 1.54) is 0 Å². The van der Waals surface area contributed by atoms with Gasteiger partial charge in [-0.3, -0.25) is 9.69 Å². The maximum absolute atomic E-state index is 11.7. The number of hydrogen-bond donors (Lipinski definition) is 0. The first-order chi connectivity index (χ1) is 8.15. The van der Waals surface area contributed by atoms with Gasteiger partial charge in [0.25, 0.3) is 0 Å². The van der Waals surface area contributed by atoms with Crippen LogP contribution < -0.4 is 0 Å². The summed E-state index contributed by atoms with van der Waals surface area (Å²) in [6.07, 6.45) is 1.79. The fourth-order valence-electron chi connectivity index (χ4n) is 3.01. The van der Waals surface area contributed by atoms with E-state index in [9.17, 15) is 4.79 Å². The van der Waals surface area contributed by atoms with Crippen molar-refractivity contribution >= 4 is 17.2 Å². The summed E-state index contributed by atoms with van der Waals surface area (Å²) < 4.78 is 0. The highest BCUT2D eigenvalue weighted by molar-refractivity contribution is 7.09. The predicted octanol–water partition coefficient (Wildman–Crippen LogP) is 1.26. The van der Waals surface area contributed by atoms with Gasteiger partial charge in [-0.2, -0.15) is 0 Å². The van der Waals surface area contributed by atoms with Crippen LogP contribution >= 0.6 is 11.3 Å². The van der Waals surface area contributed by atoms with Crippen LogP contribution in [0.1, 0.15) is 23.5 Å². The number of thiazole rings is 1. The van der Waals surface area contributed by atoms with Crippen LogP contribution in [0, 0.1) is 6.92 Å². The van der Waals surface area contributed by atoms with Gasteiger partial charge in [-0.1, -0.05) is 0 Å². The highest BCUT2D eigenvalue weighted by Crippen LogP contribution is 2.32. The molecule has 92 valence electrons. The Balaban J connectivity index is 1.72. The van der Waals surface area contributed by atoms with Crippen molar-refractivity contribution in [2.75, 3.05) is 13.6 Å². The Labute approximate surface area is 105 Å². The lowest BCUT2D eigenvalue weighted by molar-refractivity contribution is -0.127. The molecule has 0 bridgehead atoms. The number of rotatable bonds is 2. The molecule has 0 radical (unpaired) electrons. The Kier molecular flexibility index (Phi) is 2.67. The van der Waals surface area contributed by atoms with Crippen LogP contribution in [0.15, 0.2) is 5.38 Å². The van der Waals surface area contributed by atoms with Crippen molar-refractivity contribution in [2.24, 2.45) is 0 Å². The molecule has 0 spiro atoms. The molecule has 1 amide bonds. The first-order valence-electron chi connectivity index (χ1n) is 6.06. The highest BCUT2D eigenvalue weighted by Gasteiger charge is 2.44. The zero-order valence-corrected chi connectivity index (χ0v) is 11.0. The van der Waals surface area contributed by atoms with Crippen molar-refractivity contribution in [2.45, 2.75) is 38.4 Å². The highest BCUT2D eigenvalue weighted by atomic mass is 32.1. The molecule has 4 nitrogen and oxygen atoms in total. The molecule has 1 aromatic heterocycles. The number of carbonyl (C=O) groups excluding carboxylic acids is 1. The number of amides is 1. The molecule has 2 saturated heterocycles. The summed E-state index contributed by atoms with van der Waals surface area (Å²) >= 11 is 1.70. The standard InChI is InChI=1S/C12H17N3OS/c1-8-13-9(7-17-8)6-15-4-3-10-11(15)5-12(16)14(10)2/h7,10-11H,3-6H2,1-2H3/t10-,11+/m1/s1. The molecule has 0 aliphatic carbocycles. The van der Waals surface area contributed by atoms with Crippen LogP contribution in [0.5, 0.6) is 0 Å². The van der Waals surface area contributed by atoms with Gasteiger partial charge in [-0.15, -0.1) is 11.3 Å². The molecular weight excluding hydrogens is 234 g/mol. The zero-order valence-electron chi connectivity index (χ0n) is 10.2. The quantitative estimate of drug-likeness (QED) is 0.794. The lowest BCUT2D eigenvalue weighted by Crippen LogP contribution is -2.34. The summed E-state index contributed by atoms with van der Waals surface area (Å²) in [5.74, 6) is 0.291. The minimum Gasteiger partial charge on any atom is -0.341 e. The molecule has 17 heavy (non-hydrogen) atoms. The van der Waals surface area contributed by atoms with E-state index >= 15 is 0 Å². The second-order valence-electron chi connectivity index (χ2n) is 4.96. The number of likely N-dealkylation sites (tertiary alicyclic amines) is 2. The minimum absolute atomic E-state index is 0.291. The molecule has 1 aromatic rings. The van der Waals surface area contributed by atoms with Gasteiger partial charge in [0.05, 0.1) is 10.7 Å². The van der Waals surface area contributed by atoms with E-state index in [0.717, 1.165) is 30.2 Å². The van der Waals surface area contributed by atoms with Crippen molar-refractivity contribution in [3.05, 3.63) is 16.1 Å². The van der Waals surface area contributed by atoms with E-state index in [2.05, 4.69) is 15.3 Å². The molecule has 3 heterocycles. The Morgan fingerprint density at radius 1 is 1.53 bits per heavy atom. The van der Waals surface area contributed by atoms with E-state index in [0.29, 0.717) is 24.4 Å². The summed E-state index contributed by atoms with van der Waals surface area (Å²) in [6, 6.07) is 0.844. The molecule has 2 fully saturated rings. The molecule has 0 unspecified atom stereocenters. The Morgan fingerprint density at radius 3 is 3.06 bits per heavy atom. The van der Waals surface area contributed by atoms with Crippen molar-refractivity contribution in [1.82, 2.24) is 14.8 Å². The summed E-state index contributed by atoms with van der Waals surface area (Å²) in [5, 5.41) is 3.25. The fraction of sp³-hybridized carbons (Fsp3) is 0.667. The van der Waals surface area contributed by atoms with E-state index in [4.69, 9.17) is 0 Å². The summed E-state index contributed by atoms with van der Waals surface area (Å²) in [6.45, 7) is 4.02. The Morgan fingerprint density at radius 2 is 2.35 bits per heavy atom. The molecule has 0 saturated carbocycles.